The molecule has 3 rings (SSSR count). The number of phosphoric ester groups is 2. The number of nitrogens with zero attached hydrogens (tertiary/aromatic N) is 1. The largest absolute Gasteiger partial charge is 0.483 e. The molecule has 37 nitrogen and oxygen atoms in total. The number of H-pyrrole nitrogens is 1. The van der Waals surface area contributed by atoms with Gasteiger partial charge in [0.25, 0.3) is 5.56 Å². The Labute approximate surface area is 457 Å². The van der Waals surface area contributed by atoms with Crippen LogP contribution in [0.3, 0.4) is 0 Å². The van der Waals surface area contributed by atoms with Gasteiger partial charge in [-0.2, -0.15) is 4.31 Å². The standard InChI is InChI=1S/C42H67N9O28P2/c1-16(24(54)13-44-18(3)38(63)64)45-36(62)22(8-6-7-21(43)39(65)66)48-27(55)10-9-23(40(67)68)49-34(60)17(2)46-35(61)19(4)75-33-29(47-20(5)53)41(77-25(14-52)31(33)58)78-81(72,73)79-80(70,71)74-15-26-30(57)32(59)37(76-26)51-12-11-28(56)50-42(51)69/h11-12,16-19,21-23,25-26,29-33,37,41,44,52,57-59H,6-10,13-15,43H2,1-5H3,(H,45,62)(H,46,61)(H,47,53)(H,48,55)(H,49,60)(H,63,64)(H,65,66)(H,67,68)(H,70,71)(H,72,73)(H,50,56,69)/t16-,17+,18-,19-,21+,22-,23-,25-,26-,29-,30-,31-,32-,33-,37-,41-/m1/s1. The highest BCUT2D eigenvalue weighted by molar-refractivity contribution is 7.61. The molecule has 18 atom stereocenters. The predicted octanol–water partition coefficient (Wildman–Crippen LogP) is -7.18. The zero-order chi connectivity index (χ0) is 61.4. The van der Waals surface area contributed by atoms with Gasteiger partial charge in [0.05, 0.1) is 25.8 Å². The lowest BCUT2D eigenvalue weighted by atomic mass is 9.96. The number of carboxylic acids is 3. The van der Waals surface area contributed by atoms with Crippen molar-refractivity contribution in [1.82, 2.24) is 41.5 Å². The van der Waals surface area contributed by atoms with Gasteiger partial charge in [0.15, 0.2) is 18.3 Å². The third-order valence-electron chi connectivity index (χ3n) is 12.1. The van der Waals surface area contributed by atoms with Crippen molar-refractivity contribution in [2.75, 3.05) is 19.8 Å². The molecule has 0 aromatic carbocycles. The zero-order valence-electron chi connectivity index (χ0n) is 43.7. The second kappa shape index (κ2) is 30.9. The van der Waals surface area contributed by atoms with Crippen LogP contribution in [0.4, 0.5) is 0 Å². The van der Waals surface area contributed by atoms with Crippen LogP contribution in [0.2, 0.25) is 0 Å². The first kappa shape index (κ1) is 69.3. The average Bonchev–Trinajstić information content (AvgIpc) is 3.65. The molecular formula is C42H67N9O28P2. The Morgan fingerprint density at radius 1 is 0.765 bits per heavy atom. The number of carbonyl (C=O) groups excluding carboxylic acids is 6. The molecule has 81 heavy (non-hydrogen) atoms. The van der Waals surface area contributed by atoms with Gasteiger partial charge < -0.3 is 92.1 Å². The summed E-state index contributed by atoms with van der Waals surface area (Å²) in [7, 11) is -11.8. The monoisotopic (exact) mass is 1210 g/mol. The molecule has 2 aliphatic heterocycles. The Morgan fingerprint density at radius 3 is 1.99 bits per heavy atom. The van der Waals surface area contributed by atoms with E-state index in [2.05, 4.69) is 40.7 Å². The Bertz CT molecular complexity index is 2640. The minimum absolute atomic E-state index is 0.0371. The van der Waals surface area contributed by atoms with Crippen molar-refractivity contribution in [2.45, 2.75) is 164 Å². The van der Waals surface area contributed by atoms with E-state index >= 15 is 0 Å². The van der Waals surface area contributed by atoms with Crippen molar-refractivity contribution in [2.24, 2.45) is 5.73 Å². The van der Waals surface area contributed by atoms with E-state index in [0.717, 1.165) is 33.0 Å². The smallest absolute Gasteiger partial charge is 0.480 e. The minimum Gasteiger partial charge on any atom is -0.480 e. The number of hydrogen-bond donors (Lipinski definition) is 17. The van der Waals surface area contributed by atoms with Gasteiger partial charge in [-0.1, -0.05) is 0 Å². The number of ether oxygens (including phenoxy) is 3. The maximum Gasteiger partial charge on any atom is 0.483 e. The minimum atomic E-state index is -5.97. The van der Waals surface area contributed by atoms with E-state index in [9.17, 15) is 97.2 Å². The highest BCUT2D eigenvalue weighted by Gasteiger charge is 2.52. The number of aromatic amines is 1. The number of aliphatic hydroxyl groups is 4. The number of carbonyl (C=O) groups is 9. The Kier molecular flexibility index (Phi) is 26.4. The molecule has 2 unspecified atom stereocenters. The number of nitrogens with one attached hydrogen (secondary N) is 7. The Morgan fingerprint density at radius 2 is 1.41 bits per heavy atom. The van der Waals surface area contributed by atoms with Gasteiger partial charge in [-0.05, 0) is 53.4 Å². The van der Waals surface area contributed by atoms with Crippen molar-refractivity contribution in [3.8, 4) is 0 Å². The van der Waals surface area contributed by atoms with Crippen molar-refractivity contribution in [3.63, 3.8) is 0 Å². The van der Waals surface area contributed by atoms with Crippen LogP contribution in [-0.4, -0.2) is 219 Å². The van der Waals surface area contributed by atoms with Gasteiger partial charge in [-0.15, -0.1) is 0 Å². The lowest BCUT2D eigenvalue weighted by Crippen LogP contribution is -2.66. The van der Waals surface area contributed by atoms with E-state index in [1.165, 1.54) is 13.8 Å². The maximum atomic E-state index is 13.4. The van der Waals surface area contributed by atoms with E-state index in [-0.39, 0.29) is 19.3 Å². The summed E-state index contributed by atoms with van der Waals surface area (Å²) in [6.07, 6.45) is -18.0. The second-order valence-electron chi connectivity index (χ2n) is 18.5. The highest BCUT2D eigenvalue weighted by Crippen LogP contribution is 2.61. The number of amides is 5. The lowest BCUT2D eigenvalue weighted by Gasteiger charge is -2.44. The van der Waals surface area contributed by atoms with Gasteiger partial charge in [0.2, 0.25) is 29.5 Å². The Hall–Kier alpha value is -5.99. The fourth-order valence-corrected chi connectivity index (χ4v) is 9.68. The molecule has 18 N–H and O–H groups in total. The number of hydrogen-bond acceptors (Lipinski definition) is 25. The van der Waals surface area contributed by atoms with E-state index in [1.54, 1.807) is 0 Å². The third-order valence-corrected chi connectivity index (χ3v) is 14.7. The van der Waals surface area contributed by atoms with Gasteiger partial charge in [0, 0.05) is 25.6 Å². The average molecular weight is 1210 g/mol. The molecule has 1 aromatic rings. The summed E-state index contributed by atoms with van der Waals surface area (Å²) >= 11 is 0. The van der Waals surface area contributed by atoms with Gasteiger partial charge in [0.1, 0.15) is 79.0 Å². The molecule has 0 radical (unpaired) electrons. The number of ketones is 1. The molecule has 2 saturated heterocycles. The number of nitrogens with two attached hydrogens (primary N) is 1. The van der Waals surface area contributed by atoms with Gasteiger partial charge in [-0.25, -0.2) is 18.7 Å². The number of Topliss-reactive ketones (excluding diaryl/α,β-unsaturated/α-hetero) is 1. The normalized spacial score (nSPS) is 25.9. The van der Waals surface area contributed by atoms with Crippen LogP contribution < -0.4 is 48.9 Å². The molecule has 2 aliphatic rings. The predicted molar refractivity (Wildman–Crippen MR) is 264 cm³/mol. The molecule has 0 aliphatic carbocycles. The quantitative estimate of drug-likeness (QED) is 0.0291. The first-order chi connectivity index (χ1) is 37.6. The van der Waals surface area contributed by atoms with Crippen LogP contribution >= 0.6 is 15.6 Å². The number of aliphatic hydroxyl groups excluding tert-OH is 4. The summed E-state index contributed by atoms with van der Waals surface area (Å²) in [5.41, 5.74) is 3.65. The SMILES string of the molecule is CC(=O)N[C@H]1[C@@H](OP(=O)(O)OP(=O)(O)OC[C@H]2O[C@@H](n3ccc(=O)[nH]c3=O)[C@H](O)[C@@H]2O)O[C@H](CO)[C@@H](O)[C@@H]1O[C@H](C)C(=O)N[C@@H](C)C(=O)N[C@H](CCC(=O)N[C@H](CCC[C@H](N)C(=O)O)C(=O)N[C@H](C)C(=O)CN[C@H](C)C(=O)O)C(=O)O. The fourth-order valence-electron chi connectivity index (χ4n) is 7.52. The number of carboxylic acid groups (broad SMARTS) is 3. The first-order valence-electron chi connectivity index (χ1n) is 24.4. The van der Waals surface area contributed by atoms with Gasteiger partial charge in [-0.3, -0.25) is 67.1 Å². The van der Waals surface area contributed by atoms with Crippen LogP contribution in [0.25, 0.3) is 0 Å². The van der Waals surface area contributed by atoms with Crippen LogP contribution in [0.5, 0.6) is 0 Å². The van der Waals surface area contributed by atoms with Crippen LogP contribution in [0, 0.1) is 0 Å². The van der Waals surface area contributed by atoms with E-state index < -0.39 is 210 Å². The van der Waals surface area contributed by atoms with E-state index in [0.29, 0.717) is 4.57 Å². The maximum absolute atomic E-state index is 13.4. The number of aromatic nitrogens is 2. The summed E-state index contributed by atoms with van der Waals surface area (Å²) in [5, 5.41) is 83.8. The molecule has 0 saturated carbocycles. The molecule has 5 amide bonds. The molecule has 3 heterocycles. The van der Waals surface area contributed by atoms with Crippen molar-refractivity contribution < 1.29 is 125 Å². The molecule has 1 aromatic heterocycles. The highest BCUT2D eigenvalue weighted by atomic mass is 31.3. The van der Waals surface area contributed by atoms with Crippen molar-refractivity contribution in [3.05, 3.63) is 33.1 Å². The molecule has 39 heteroatoms. The summed E-state index contributed by atoms with van der Waals surface area (Å²) in [6.45, 7) is 2.81. The number of aliphatic carboxylic acids is 3. The molecule has 458 valence electrons. The van der Waals surface area contributed by atoms with Crippen LogP contribution in [0.1, 0.15) is 73.0 Å². The number of rotatable bonds is 33. The Balaban J connectivity index is 1.66. The van der Waals surface area contributed by atoms with E-state index in [1.807, 2.05) is 4.98 Å². The zero-order valence-corrected chi connectivity index (χ0v) is 45.5. The third kappa shape index (κ3) is 21.4. The van der Waals surface area contributed by atoms with Crippen molar-refractivity contribution in [1.29, 1.82) is 0 Å². The summed E-state index contributed by atoms with van der Waals surface area (Å²) < 4.78 is 57.1. The molecular weight excluding hydrogens is 1140 g/mol. The van der Waals surface area contributed by atoms with Crippen molar-refractivity contribution >= 4 is 68.9 Å². The molecule has 2 fully saturated rings. The second-order valence-corrected chi connectivity index (χ2v) is 21.5. The summed E-state index contributed by atoms with van der Waals surface area (Å²) in [6, 6.07) is -9.60. The first-order valence-corrected chi connectivity index (χ1v) is 27.4. The lowest BCUT2D eigenvalue weighted by molar-refractivity contribution is -0.261. The summed E-state index contributed by atoms with van der Waals surface area (Å²) in [4.78, 5) is 159. The molecule has 0 bridgehead atoms. The number of phosphoric acid groups is 2. The summed E-state index contributed by atoms with van der Waals surface area (Å²) in [5.74, 6) is -10.1. The molecule has 0 spiro atoms. The topological polar surface area (TPSA) is 578 Å². The fraction of sp³-hybridized carbons (Fsp3) is 0.690. The van der Waals surface area contributed by atoms with Crippen LogP contribution in [-0.2, 0) is 79.8 Å². The van der Waals surface area contributed by atoms with E-state index in [4.69, 9.17) is 34.7 Å². The van der Waals surface area contributed by atoms with Gasteiger partial charge >= 0.3 is 39.2 Å². The van der Waals surface area contributed by atoms with Crippen LogP contribution in [0.15, 0.2) is 21.9 Å².